The number of phenols is 1. The number of carbonyl (C=O) groups excluding carboxylic acids is 3. The van der Waals surface area contributed by atoms with Gasteiger partial charge in [0.25, 0.3) is 11.1 Å². The van der Waals surface area contributed by atoms with Crippen molar-refractivity contribution in [2.24, 2.45) is 0 Å². The van der Waals surface area contributed by atoms with Crippen molar-refractivity contribution in [3.8, 4) is 5.75 Å². The van der Waals surface area contributed by atoms with Gasteiger partial charge in [-0.05, 0) is 53.2 Å². The average Bonchev–Trinajstić information content (AvgIpc) is 2.97. The van der Waals surface area contributed by atoms with Crippen molar-refractivity contribution in [3.63, 3.8) is 0 Å². The molecule has 2 N–H and O–H groups in total. The van der Waals surface area contributed by atoms with E-state index in [1.165, 1.54) is 24.1 Å². The van der Waals surface area contributed by atoms with E-state index < -0.39 is 29.7 Å². The maximum absolute atomic E-state index is 12.6. The number of rotatable bonds is 6. The standard InChI is InChI=1S/C21H19ClN2O5S/c1-23(11-17(26)14-4-8-16(25)9-5-14)19(27)12-24-20(28)18(30-21(24)29)10-13-2-6-15(22)7-3-13/h2-10,17,25-26H,11-12H2,1H3/b18-10-. The van der Waals surface area contributed by atoms with E-state index in [4.69, 9.17) is 11.6 Å². The van der Waals surface area contributed by atoms with Gasteiger partial charge in [0.15, 0.2) is 0 Å². The SMILES string of the molecule is CN(CC(O)c1ccc(O)cc1)C(=O)CN1C(=O)S/C(=C\c2ccc(Cl)cc2)C1=O. The number of hydrogen-bond acceptors (Lipinski definition) is 6. The van der Waals surface area contributed by atoms with Crippen LogP contribution in [-0.2, 0) is 9.59 Å². The van der Waals surface area contributed by atoms with Crippen LogP contribution >= 0.6 is 23.4 Å². The van der Waals surface area contributed by atoms with Crippen LogP contribution in [0.2, 0.25) is 5.02 Å². The molecule has 9 heteroatoms. The van der Waals surface area contributed by atoms with Gasteiger partial charge >= 0.3 is 0 Å². The lowest BCUT2D eigenvalue weighted by molar-refractivity contribution is -0.135. The summed E-state index contributed by atoms with van der Waals surface area (Å²) in [6, 6.07) is 12.8. The number of imide groups is 1. The van der Waals surface area contributed by atoms with Gasteiger partial charge in [-0.1, -0.05) is 35.9 Å². The fourth-order valence-corrected chi connectivity index (χ4v) is 3.73. The Kier molecular flexibility index (Phi) is 6.81. The van der Waals surface area contributed by atoms with Crippen LogP contribution in [-0.4, -0.2) is 57.2 Å². The highest BCUT2D eigenvalue weighted by atomic mass is 35.5. The zero-order valence-electron chi connectivity index (χ0n) is 16.0. The summed E-state index contributed by atoms with van der Waals surface area (Å²) in [6.07, 6.45) is 0.601. The molecule has 1 saturated heterocycles. The maximum Gasteiger partial charge on any atom is 0.294 e. The Labute approximate surface area is 182 Å². The summed E-state index contributed by atoms with van der Waals surface area (Å²) in [7, 11) is 1.48. The molecule has 3 rings (SSSR count). The van der Waals surface area contributed by atoms with Crippen LogP contribution in [0.25, 0.3) is 6.08 Å². The number of likely N-dealkylation sites (N-methyl/N-ethyl adjacent to an activating group) is 1. The molecule has 0 aromatic heterocycles. The molecule has 1 fully saturated rings. The van der Waals surface area contributed by atoms with Crippen molar-refractivity contribution < 1.29 is 24.6 Å². The van der Waals surface area contributed by atoms with E-state index >= 15 is 0 Å². The topological polar surface area (TPSA) is 98.2 Å². The third kappa shape index (κ3) is 5.21. The number of carbonyl (C=O) groups is 3. The summed E-state index contributed by atoms with van der Waals surface area (Å²) in [5, 5.41) is 19.6. The number of nitrogens with zero attached hydrogens (tertiary/aromatic N) is 2. The second kappa shape index (κ2) is 9.34. The number of hydrogen-bond donors (Lipinski definition) is 2. The summed E-state index contributed by atoms with van der Waals surface area (Å²) in [5.74, 6) is -0.954. The molecule has 156 valence electrons. The number of aliphatic hydroxyl groups excluding tert-OH is 1. The minimum Gasteiger partial charge on any atom is -0.508 e. The number of aliphatic hydroxyl groups is 1. The molecule has 2 aromatic rings. The summed E-state index contributed by atoms with van der Waals surface area (Å²) in [6.45, 7) is -0.443. The van der Waals surface area contributed by atoms with Gasteiger partial charge in [0, 0.05) is 12.1 Å². The largest absolute Gasteiger partial charge is 0.508 e. The zero-order chi connectivity index (χ0) is 21.8. The molecule has 7 nitrogen and oxygen atoms in total. The van der Waals surface area contributed by atoms with Gasteiger partial charge in [0.2, 0.25) is 5.91 Å². The summed E-state index contributed by atoms with van der Waals surface area (Å²) in [5.41, 5.74) is 1.25. The molecule has 1 atom stereocenters. The van der Waals surface area contributed by atoms with Gasteiger partial charge in [-0.3, -0.25) is 19.3 Å². The molecule has 0 radical (unpaired) electrons. The van der Waals surface area contributed by atoms with Crippen molar-refractivity contribution >= 4 is 46.5 Å². The number of thioether (sulfide) groups is 1. The molecule has 1 unspecified atom stereocenters. The second-order valence-electron chi connectivity index (χ2n) is 6.70. The smallest absolute Gasteiger partial charge is 0.294 e. The Morgan fingerprint density at radius 2 is 1.80 bits per heavy atom. The Hall–Kier alpha value is -2.81. The van der Waals surface area contributed by atoms with E-state index in [2.05, 4.69) is 0 Å². The number of phenolic OH excluding ortho intramolecular Hbond substituents is 1. The monoisotopic (exact) mass is 446 g/mol. The van der Waals surface area contributed by atoms with Gasteiger partial charge in [0.1, 0.15) is 12.3 Å². The Morgan fingerprint density at radius 3 is 2.43 bits per heavy atom. The van der Waals surface area contributed by atoms with E-state index in [1.54, 1.807) is 42.5 Å². The van der Waals surface area contributed by atoms with Crippen LogP contribution in [0.4, 0.5) is 4.79 Å². The predicted molar refractivity (Wildman–Crippen MR) is 115 cm³/mol. The molecule has 2 aromatic carbocycles. The average molecular weight is 447 g/mol. The molecule has 1 aliphatic rings. The van der Waals surface area contributed by atoms with Crippen molar-refractivity contribution in [1.82, 2.24) is 9.80 Å². The van der Waals surface area contributed by atoms with E-state index in [-0.39, 0.29) is 17.2 Å². The Bertz CT molecular complexity index is 991. The van der Waals surface area contributed by atoms with Crippen LogP contribution in [0.5, 0.6) is 5.75 Å². The third-order valence-corrected chi connectivity index (χ3v) is 5.64. The molecule has 0 aliphatic carbocycles. The Morgan fingerprint density at radius 1 is 1.17 bits per heavy atom. The van der Waals surface area contributed by atoms with E-state index in [1.807, 2.05) is 0 Å². The fourth-order valence-electron chi connectivity index (χ4n) is 2.77. The van der Waals surface area contributed by atoms with Gasteiger partial charge in [-0.25, -0.2) is 0 Å². The lowest BCUT2D eigenvalue weighted by Gasteiger charge is -2.23. The van der Waals surface area contributed by atoms with Crippen LogP contribution in [0.1, 0.15) is 17.2 Å². The molecule has 3 amide bonds. The maximum atomic E-state index is 12.6. The summed E-state index contributed by atoms with van der Waals surface area (Å²) in [4.78, 5) is 39.7. The van der Waals surface area contributed by atoms with Gasteiger partial charge in [-0.2, -0.15) is 0 Å². The summed E-state index contributed by atoms with van der Waals surface area (Å²) < 4.78 is 0. The van der Waals surface area contributed by atoms with Crippen molar-refractivity contribution in [3.05, 3.63) is 69.6 Å². The van der Waals surface area contributed by atoms with E-state index in [0.717, 1.165) is 16.7 Å². The minimum absolute atomic E-state index is 0.0273. The first-order chi connectivity index (χ1) is 14.2. The summed E-state index contributed by atoms with van der Waals surface area (Å²) >= 11 is 6.61. The van der Waals surface area contributed by atoms with Crippen LogP contribution in [0, 0.1) is 0 Å². The first kappa shape index (κ1) is 21.9. The van der Waals surface area contributed by atoms with Gasteiger partial charge < -0.3 is 15.1 Å². The lowest BCUT2D eigenvalue weighted by Crippen LogP contribution is -2.41. The molecular weight excluding hydrogens is 428 g/mol. The highest BCUT2D eigenvalue weighted by Gasteiger charge is 2.37. The number of amides is 3. The molecular formula is C21H19ClN2O5S. The quantitative estimate of drug-likeness (QED) is 0.661. The van der Waals surface area contributed by atoms with Gasteiger partial charge in [0.05, 0.1) is 17.6 Å². The molecule has 0 saturated carbocycles. The first-order valence-electron chi connectivity index (χ1n) is 8.96. The molecule has 0 spiro atoms. The molecule has 30 heavy (non-hydrogen) atoms. The minimum atomic E-state index is -0.973. The van der Waals surface area contributed by atoms with Crippen LogP contribution < -0.4 is 0 Å². The first-order valence-corrected chi connectivity index (χ1v) is 10.2. The van der Waals surface area contributed by atoms with Crippen molar-refractivity contribution in [2.45, 2.75) is 6.10 Å². The van der Waals surface area contributed by atoms with Crippen LogP contribution in [0.3, 0.4) is 0 Å². The second-order valence-corrected chi connectivity index (χ2v) is 8.13. The lowest BCUT2D eigenvalue weighted by atomic mass is 10.1. The van der Waals surface area contributed by atoms with Crippen LogP contribution in [0.15, 0.2) is 53.4 Å². The molecule has 0 bridgehead atoms. The highest BCUT2D eigenvalue weighted by Crippen LogP contribution is 2.32. The van der Waals surface area contributed by atoms with E-state index in [9.17, 15) is 24.6 Å². The normalized spacial score (nSPS) is 16.2. The number of halogens is 1. The molecule has 1 aliphatic heterocycles. The van der Waals surface area contributed by atoms with Gasteiger partial charge in [-0.15, -0.1) is 0 Å². The fraction of sp³-hybridized carbons (Fsp3) is 0.190. The van der Waals surface area contributed by atoms with E-state index in [0.29, 0.717) is 16.1 Å². The number of aromatic hydroxyl groups is 1. The Balaban J connectivity index is 1.62. The highest BCUT2D eigenvalue weighted by molar-refractivity contribution is 8.18. The third-order valence-electron chi connectivity index (χ3n) is 4.49. The molecule has 1 heterocycles. The van der Waals surface area contributed by atoms with Crippen molar-refractivity contribution in [1.29, 1.82) is 0 Å². The van der Waals surface area contributed by atoms with Crippen molar-refractivity contribution in [2.75, 3.05) is 20.1 Å². The number of benzene rings is 2. The zero-order valence-corrected chi connectivity index (χ0v) is 17.6. The predicted octanol–water partition coefficient (Wildman–Crippen LogP) is 3.27.